The van der Waals surface area contributed by atoms with E-state index in [1.54, 1.807) is 0 Å². The van der Waals surface area contributed by atoms with E-state index in [1.807, 2.05) is 0 Å². The molecule has 0 bridgehead atoms. The summed E-state index contributed by atoms with van der Waals surface area (Å²) in [5.41, 5.74) is 0. The zero-order valence-electron chi connectivity index (χ0n) is 11.4. The van der Waals surface area contributed by atoms with E-state index < -0.39 is 18.1 Å². The lowest BCUT2D eigenvalue weighted by Crippen LogP contribution is -2.51. The Kier molecular flexibility index (Phi) is 3.55. The first-order valence-electron chi connectivity index (χ1n) is 7.28. The van der Waals surface area contributed by atoms with Crippen LogP contribution in [0.1, 0.15) is 25.7 Å². The number of fused-ring (bicyclic) bond motifs is 1. The Morgan fingerprint density at radius 1 is 1.20 bits per heavy atom. The predicted molar refractivity (Wildman–Crippen MR) is 70.3 cm³/mol. The van der Waals surface area contributed by atoms with Crippen LogP contribution in [-0.4, -0.2) is 75.9 Å². The summed E-state index contributed by atoms with van der Waals surface area (Å²) < 4.78 is 0. The van der Waals surface area contributed by atoms with Crippen LogP contribution in [0.5, 0.6) is 0 Å². The van der Waals surface area contributed by atoms with Crippen LogP contribution in [0.25, 0.3) is 0 Å². The zero-order chi connectivity index (χ0) is 14.3. The molecule has 4 atom stereocenters. The van der Waals surface area contributed by atoms with Crippen molar-refractivity contribution in [2.45, 2.75) is 49.9 Å². The molecule has 3 aliphatic heterocycles. The summed E-state index contributed by atoms with van der Waals surface area (Å²) >= 11 is 0. The summed E-state index contributed by atoms with van der Waals surface area (Å²) in [6.07, 6.45) is 2.55. The van der Waals surface area contributed by atoms with Gasteiger partial charge in [-0.1, -0.05) is 0 Å². The van der Waals surface area contributed by atoms with Gasteiger partial charge in [-0.3, -0.25) is 4.90 Å². The number of carboxylic acids is 1. The number of aliphatic carboxylic acids is 1. The molecule has 0 saturated carbocycles. The number of aliphatic hydroxyl groups is 1. The number of carboxylic acid groups (broad SMARTS) is 1. The van der Waals surface area contributed by atoms with Gasteiger partial charge in [0.15, 0.2) is 0 Å². The lowest BCUT2D eigenvalue weighted by atomic mass is 10.1. The molecule has 3 saturated heterocycles. The van der Waals surface area contributed by atoms with Gasteiger partial charge in [-0.05, 0) is 25.8 Å². The van der Waals surface area contributed by atoms with Crippen molar-refractivity contribution >= 4 is 12.0 Å². The van der Waals surface area contributed by atoms with E-state index in [0.717, 1.165) is 32.4 Å². The summed E-state index contributed by atoms with van der Waals surface area (Å²) in [5, 5.41) is 21.7. The minimum Gasteiger partial charge on any atom is -0.480 e. The number of amides is 2. The molecule has 7 heteroatoms. The van der Waals surface area contributed by atoms with Crippen LogP contribution < -0.4 is 5.32 Å². The van der Waals surface area contributed by atoms with E-state index in [2.05, 4.69) is 10.2 Å². The molecule has 3 rings (SSSR count). The summed E-state index contributed by atoms with van der Waals surface area (Å²) in [5.74, 6) is -1.05. The first-order chi connectivity index (χ1) is 9.56. The lowest BCUT2D eigenvalue weighted by Gasteiger charge is -2.26. The third kappa shape index (κ3) is 2.35. The monoisotopic (exact) mass is 283 g/mol. The van der Waals surface area contributed by atoms with Gasteiger partial charge in [0.25, 0.3) is 0 Å². The van der Waals surface area contributed by atoms with Gasteiger partial charge >= 0.3 is 12.0 Å². The van der Waals surface area contributed by atoms with Crippen LogP contribution in [0, 0.1) is 0 Å². The molecule has 2 amide bonds. The summed E-state index contributed by atoms with van der Waals surface area (Å²) in [6.45, 7) is 2.20. The van der Waals surface area contributed by atoms with E-state index in [-0.39, 0.29) is 25.0 Å². The van der Waals surface area contributed by atoms with Crippen molar-refractivity contribution in [3.63, 3.8) is 0 Å². The number of nitrogens with one attached hydrogen (secondary N) is 1. The van der Waals surface area contributed by atoms with E-state index in [9.17, 15) is 14.7 Å². The molecular weight excluding hydrogens is 262 g/mol. The second-order valence-corrected chi connectivity index (χ2v) is 5.99. The molecule has 20 heavy (non-hydrogen) atoms. The molecule has 3 heterocycles. The third-order valence-electron chi connectivity index (χ3n) is 4.74. The summed E-state index contributed by atoms with van der Waals surface area (Å²) in [7, 11) is 0. The average Bonchev–Trinajstić information content (AvgIpc) is 3.05. The average molecular weight is 283 g/mol. The minimum absolute atomic E-state index is 0.101. The highest BCUT2D eigenvalue weighted by Crippen LogP contribution is 2.28. The highest BCUT2D eigenvalue weighted by Gasteiger charge is 2.42. The number of hydrogen-bond acceptors (Lipinski definition) is 4. The molecule has 0 aromatic carbocycles. The normalized spacial score (nSPS) is 37.1. The van der Waals surface area contributed by atoms with Gasteiger partial charge in [-0.2, -0.15) is 0 Å². The van der Waals surface area contributed by atoms with E-state index in [4.69, 9.17) is 5.11 Å². The Hall–Kier alpha value is -1.34. The standard InChI is InChI=1S/C13H21N3O4/c17-8-6-11(12(18)19)16(7-8)13(20)14-9-3-5-15-4-1-2-10(9)15/h8-11,17H,1-7H2,(H,14,20)(H,18,19)/t8-,9?,10?,11+/m1/s1. The van der Waals surface area contributed by atoms with Crippen LogP contribution in [0.3, 0.4) is 0 Å². The van der Waals surface area contributed by atoms with Crippen LogP contribution in [-0.2, 0) is 4.79 Å². The summed E-state index contributed by atoms with van der Waals surface area (Å²) in [6, 6.07) is -0.759. The fraction of sp³-hybridized carbons (Fsp3) is 0.846. The van der Waals surface area contributed by atoms with Gasteiger partial charge in [0.05, 0.1) is 6.10 Å². The molecule has 0 aliphatic carbocycles. The number of hydrogen-bond donors (Lipinski definition) is 3. The molecule has 3 N–H and O–H groups in total. The number of carbonyl (C=O) groups is 2. The molecule has 3 aliphatic rings. The first kappa shape index (κ1) is 13.6. The number of nitrogens with zero attached hydrogens (tertiary/aromatic N) is 2. The quantitative estimate of drug-likeness (QED) is 0.632. The van der Waals surface area contributed by atoms with E-state index in [0.29, 0.717) is 6.04 Å². The molecule has 2 unspecified atom stereocenters. The van der Waals surface area contributed by atoms with Gasteiger partial charge in [0.2, 0.25) is 0 Å². The smallest absolute Gasteiger partial charge is 0.326 e. The lowest BCUT2D eigenvalue weighted by molar-refractivity contribution is -0.141. The number of rotatable bonds is 2. The Labute approximate surface area is 117 Å². The van der Waals surface area contributed by atoms with Crippen molar-refractivity contribution in [1.29, 1.82) is 0 Å². The van der Waals surface area contributed by atoms with Gasteiger partial charge in [-0.25, -0.2) is 9.59 Å². The minimum atomic E-state index is -1.05. The second kappa shape index (κ2) is 5.21. The largest absolute Gasteiger partial charge is 0.480 e. The van der Waals surface area contributed by atoms with Gasteiger partial charge in [-0.15, -0.1) is 0 Å². The Morgan fingerprint density at radius 3 is 2.75 bits per heavy atom. The summed E-state index contributed by atoms with van der Waals surface area (Å²) in [4.78, 5) is 27.1. The molecule has 3 fully saturated rings. The maximum atomic E-state index is 12.3. The Balaban J connectivity index is 1.62. The third-order valence-corrected chi connectivity index (χ3v) is 4.74. The maximum Gasteiger partial charge on any atom is 0.326 e. The fourth-order valence-corrected chi connectivity index (χ4v) is 3.76. The number of carbonyl (C=O) groups excluding carboxylic acids is 1. The fourth-order valence-electron chi connectivity index (χ4n) is 3.76. The van der Waals surface area contributed by atoms with Crippen molar-refractivity contribution in [1.82, 2.24) is 15.1 Å². The van der Waals surface area contributed by atoms with Crippen LogP contribution in [0.2, 0.25) is 0 Å². The molecular formula is C13H21N3O4. The van der Waals surface area contributed by atoms with E-state index in [1.165, 1.54) is 4.90 Å². The number of β-amino-alcohol motifs (C(OH)–C–C–N with tert-alkyl or cyclic N) is 1. The van der Waals surface area contributed by atoms with Gasteiger partial charge < -0.3 is 20.4 Å². The Bertz CT molecular complexity index is 416. The number of urea groups is 1. The number of aliphatic hydroxyl groups excluding tert-OH is 1. The maximum absolute atomic E-state index is 12.3. The highest BCUT2D eigenvalue weighted by molar-refractivity contribution is 5.83. The molecule has 0 radical (unpaired) electrons. The van der Waals surface area contributed by atoms with Crippen molar-refractivity contribution in [3.05, 3.63) is 0 Å². The highest BCUT2D eigenvalue weighted by atomic mass is 16.4. The topological polar surface area (TPSA) is 93.1 Å². The Morgan fingerprint density at radius 2 is 2.00 bits per heavy atom. The molecule has 7 nitrogen and oxygen atoms in total. The second-order valence-electron chi connectivity index (χ2n) is 5.99. The van der Waals surface area contributed by atoms with Crippen LogP contribution >= 0.6 is 0 Å². The predicted octanol–water partition coefficient (Wildman–Crippen LogP) is -0.547. The van der Waals surface area contributed by atoms with E-state index >= 15 is 0 Å². The van der Waals surface area contributed by atoms with Crippen molar-refractivity contribution in [2.24, 2.45) is 0 Å². The van der Waals surface area contributed by atoms with Crippen LogP contribution in [0.4, 0.5) is 4.79 Å². The van der Waals surface area contributed by atoms with Gasteiger partial charge in [0, 0.05) is 31.6 Å². The van der Waals surface area contributed by atoms with Crippen molar-refractivity contribution < 1.29 is 19.8 Å². The van der Waals surface area contributed by atoms with Crippen molar-refractivity contribution in [2.75, 3.05) is 19.6 Å². The molecule has 0 spiro atoms. The SMILES string of the molecule is O=C(O)[C@@H]1C[C@@H](O)CN1C(=O)NC1CCN2CCCC12. The molecule has 0 aromatic heterocycles. The van der Waals surface area contributed by atoms with Crippen molar-refractivity contribution in [3.8, 4) is 0 Å². The van der Waals surface area contributed by atoms with Crippen LogP contribution in [0.15, 0.2) is 0 Å². The number of likely N-dealkylation sites (tertiary alicyclic amines) is 1. The molecule has 112 valence electrons. The van der Waals surface area contributed by atoms with Gasteiger partial charge in [0.1, 0.15) is 6.04 Å². The zero-order valence-corrected chi connectivity index (χ0v) is 11.4. The molecule has 0 aromatic rings. The first-order valence-corrected chi connectivity index (χ1v) is 7.28.